The van der Waals surface area contributed by atoms with E-state index >= 15 is 0 Å². The van der Waals surface area contributed by atoms with Crippen molar-refractivity contribution in [2.75, 3.05) is 6.54 Å². The number of hydrogen-bond acceptors (Lipinski definition) is 3. The van der Waals surface area contributed by atoms with Crippen molar-refractivity contribution in [1.82, 2.24) is 14.5 Å². The summed E-state index contributed by atoms with van der Waals surface area (Å²) >= 11 is 0. The van der Waals surface area contributed by atoms with Crippen LogP contribution in [0, 0.1) is 0 Å². The summed E-state index contributed by atoms with van der Waals surface area (Å²) in [5.41, 5.74) is -0.242. The maximum Gasteiger partial charge on any atom is 0.331 e. The Morgan fingerprint density at radius 1 is 0.926 bits per heavy atom. The summed E-state index contributed by atoms with van der Waals surface area (Å²) in [7, 11) is 0. The van der Waals surface area contributed by atoms with E-state index in [0.29, 0.717) is 17.4 Å². The average Bonchev–Trinajstić information content (AvgIpc) is 2.67. The van der Waals surface area contributed by atoms with Crippen molar-refractivity contribution in [2.24, 2.45) is 0 Å². The Bertz CT molecular complexity index is 867. The van der Waals surface area contributed by atoms with E-state index in [2.05, 4.69) is 12.2 Å². The summed E-state index contributed by atoms with van der Waals surface area (Å²) in [6.45, 7) is 4.78. The fourth-order valence-corrected chi connectivity index (χ4v) is 3.31. The van der Waals surface area contributed by atoms with Gasteiger partial charge in [-0.3, -0.25) is 18.7 Å². The quantitative estimate of drug-likeness (QED) is 0.615. The number of aromatic nitrogens is 2. The van der Waals surface area contributed by atoms with E-state index in [1.165, 1.54) is 41.2 Å². The molecule has 2 aromatic rings. The highest BCUT2D eigenvalue weighted by Gasteiger charge is 2.14. The summed E-state index contributed by atoms with van der Waals surface area (Å²) in [5, 5.41) is 3.35. The zero-order valence-corrected chi connectivity index (χ0v) is 16.5. The SMILES string of the molecule is CCCCCCCCCNC(=O)Cn1c(=O)n(CC)c(=O)c2ccccc21. The van der Waals surface area contributed by atoms with Crippen LogP contribution in [-0.4, -0.2) is 21.6 Å². The van der Waals surface area contributed by atoms with Gasteiger partial charge in [-0.15, -0.1) is 0 Å². The first-order valence-corrected chi connectivity index (χ1v) is 10.1. The molecule has 2 rings (SSSR count). The molecular formula is C21H31N3O3. The smallest absolute Gasteiger partial charge is 0.331 e. The summed E-state index contributed by atoms with van der Waals surface area (Å²) < 4.78 is 2.56. The van der Waals surface area contributed by atoms with Crippen LogP contribution in [0.2, 0.25) is 0 Å². The van der Waals surface area contributed by atoms with Gasteiger partial charge < -0.3 is 5.32 Å². The van der Waals surface area contributed by atoms with Crippen molar-refractivity contribution < 1.29 is 4.79 Å². The van der Waals surface area contributed by atoms with Crippen LogP contribution in [0.1, 0.15) is 58.8 Å². The predicted molar refractivity (Wildman–Crippen MR) is 109 cm³/mol. The average molecular weight is 373 g/mol. The molecule has 0 unspecified atom stereocenters. The monoisotopic (exact) mass is 373 g/mol. The van der Waals surface area contributed by atoms with Crippen molar-refractivity contribution in [1.29, 1.82) is 0 Å². The zero-order valence-electron chi connectivity index (χ0n) is 16.5. The van der Waals surface area contributed by atoms with Crippen LogP contribution < -0.4 is 16.6 Å². The normalized spacial score (nSPS) is 11.0. The molecule has 6 nitrogen and oxygen atoms in total. The van der Waals surface area contributed by atoms with Gasteiger partial charge in [0.15, 0.2) is 0 Å². The number of carbonyl (C=O) groups excluding carboxylic acids is 1. The number of para-hydroxylation sites is 1. The van der Waals surface area contributed by atoms with E-state index in [9.17, 15) is 14.4 Å². The van der Waals surface area contributed by atoms with Gasteiger partial charge in [-0.05, 0) is 25.5 Å². The fraction of sp³-hybridized carbons (Fsp3) is 0.571. The van der Waals surface area contributed by atoms with E-state index in [-0.39, 0.29) is 24.6 Å². The number of nitrogens with zero attached hydrogens (tertiary/aromatic N) is 2. The zero-order chi connectivity index (χ0) is 19.6. The van der Waals surface area contributed by atoms with Crippen LogP contribution in [-0.2, 0) is 17.9 Å². The number of nitrogens with one attached hydrogen (secondary N) is 1. The topological polar surface area (TPSA) is 73.1 Å². The van der Waals surface area contributed by atoms with Crippen molar-refractivity contribution in [3.63, 3.8) is 0 Å². The van der Waals surface area contributed by atoms with Crippen molar-refractivity contribution in [2.45, 2.75) is 71.9 Å². The Morgan fingerprint density at radius 3 is 2.30 bits per heavy atom. The summed E-state index contributed by atoms with van der Waals surface area (Å²) in [6.07, 6.45) is 8.32. The number of fused-ring (bicyclic) bond motifs is 1. The van der Waals surface area contributed by atoms with Crippen LogP contribution in [0.15, 0.2) is 33.9 Å². The molecule has 0 atom stereocenters. The summed E-state index contributed by atoms with van der Waals surface area (Å²) in [4.78, 5) is 37.3. The Balaban J connectivity index is 1.97. The predicted octanol–water partition coefficient (Wildman–Crippen LogP) is 3.05. The minimum absolute atomic E-state index is 0.0733. The molecule has 1 aromatic heterocycles. The minimum atomic E-state index is -0.438. The Labute approximate surface area is 160 Å². The molecule has 0 bridgehead atoms. The Morgan fingerprint density at radius 2 is 1.59 bits per heavy atom. The third kappa shape index (κ3) is 5.55. The molecule has 1 N–H and O–H groups in total. The van der Waals surface area contributed by atoms with Gasteiger partial charge in [0, 0.05) is 13.1 Å². The number of benzene rings is 1. The van der Waals surface area contributed by atoms with Crippen LogP contribution in [0.25, 0.3) is 10.9 Å². The lowest BCUT2D eigenvalue weighted by Crippen LogP contribution is -2.42. The van der Waals surface area contributed by atoms with Gasteiger partial charge in [0.2, 0.25) is 5.91 Å². The first-order valence-electron chi connectivity index (χ1n) is 10.1. The second kappa shape index (κ2) is 10.7. The molecule has 1 heterocycles. The van der Waals surface area contributed by atoms with E-state index < -0.39 is 5.69 Å². The molecule has 0 saturated carbocycles. The van der Waals surface area contributed by atoms with Crippen molar-refractivity contribution >= 4 is 16.8 Å². The molecule has 0 saturated heterocycles. The van der Waals surface area contributed by atoms with Crippen LogP contribution in [0.5, 0.6) is 0 Å². The highest BCUT2D eigenvalue weighted by Crippen LogP contribution is 2.08. The fourth-order valence-electron chi connectivity index (χ4n) is 3.31. The van der Waals surface area contributed by atoms with Crippen molar-refractivity contribution in [3.8, 4) is 0 Å². The lowest BCUT2D eigenvalue weighted by atomic mass is 10.1. The first kappa shape index (κ1) is 20.9. The van der Waals surface area contributed by atoms with E-state index in [4.69, 9.17) is 0 Å². The highest BCUT2D eigenvalue weighted by atomic mass is 16.2. The number of amides is 1. The van der Waals surface area contributed by atoms with E-state index in [1.807, 2.05) is 0 Å². The van der Waals surface area contributed by atoms with Crippen LogP contribution in [0.4, 0.5) is 0 Å². The molecule has 0 aliphatic heterocycles. The maximum absolute atomic E-state index is 12.6. The van der Waals surface area contributed by atoms with Crippen LogP contribution >= 0.6 is 0 Å². The molecule has 0 radical (unpaired) electrons. The van der Waals surface area contributed by atoms with Crippen LogP contribution in [0.3, 0.4) is 0 Å². The third-order valence-corrected chi connectivity index (χ3v) is 4.85. The highest BCUT2D eigenvalue weighted by molar-refractivity contribution is 5.81. The van der Waals surface area contributed by atoms with Gasteiger partial charge in [-0.1, -0.05) is 57.6 Å². The standard InChI is InChI=1S/C21H31N3O3/c1-3-5-6-7-8-9-12-15-22-19(25)16-24-18-14-11-10-13-17(18)20(26)23(4-2)21(24)27/h10-11,13-14H,3-9,12,15-16H2,1-2H3,(H,22,25). The summed E-state index contributed by atoms with van der Waals surface area (Å²) in [5.74, 6) is -0.200. The van der Waals surface area contributed by atoms with Gasteiger partial charge in [0.25, 0.3) is 5.56 Å². The molecule has 0 spiro atoms. The van der Waals surface area contributed by atoms with Gasteiger partial charge in [-0.25, -0.2) is 4.79 Å². The second-order valence-electron chi connectivity index (χ2n) is 6.91. The van der Waals surface area contributed by atoms with E-state index in [1.54, 1.807) is 31.2 Å². The number of rotatable bonds is 11. The number of hydrogen-bond donors (Lipinski definition) is 1. The number of carbonyl (C=O) groups is 1. The molecular weight excluding hydrogens is 342 g/mol. The lowest BCUT2D eigenvalue weighted by Gasteiger charge is -2.13. The molecule has 1 amide bonds. The second-order valence-corrected chi connectivity index (χ2v) is 6.91. The first-order chi connectivity index (χ1) is 13.1. The number of unbranched alkanes of at least 4 members (excludes halogenated alkanes) is 6. The van der Waals surface area contributed by atoms with Crippen molar-refractivity contribution in [3.05, 3.63) is 45.1 Å². The van der Waals surface area contributed by atoms with E-state index in [0.717, 1.165) is 12.8 Å². The lowest BCUT2D eigenvalue weighted by molar-refractivity contribution is -0.121. The maximum atomic E-state index is 12.6. The minimum Gasteiger partial charge on any atom is -0.355 e. The van der Waals surface area contributed by atoms with Gasteiger partial charge >= 0.3 is 5.69 Å². The Hall–Kier alpha value is -2.37. The Kier molecular flexibility index (Phi) is 8.30. The summed E-state index contributed by atoms with van der Waals surface area (Å²) in [6, 6.07) is 6.93. The van der Waals surface area contributed by atoms with Gasteiger partial charge in [0.1, 0.15) is 6.54 Å². The molecule has 0 fully saturated rings. The van der Waals surface area contributed by atoms with Gasteiger partial charge in [-0.2, -0.15) is 0 Å². The molecule has 6 heteroatoms. The molecule has 1 aromatic carbocycles. The van der Waals surface area contributed by atoms with Gasteiger partial charge in [0.05, 0.1) is 10.9 Å². The molecule has 0 aliphatic carbocycles. The molecule has 27 heavy (non-hydrogen) atoms. The molecule has 0 aliphatic rings. The molecule has 148 valence electrons. The largest absolute Gasteiger partial charge is 0.355 e. The third-order valence-electron chi connectivity index (χ3n) is 4.85.